The molecule has 1 saturated heterocycles. The molecule has 2 aromatic rings. The topological polar surface area (TPSA) is 83.1 Å². The molecule has 0 aromatic heterocycles. The van der Waals surface area contributed by atoms with Crippen molar-refractivity contribution in [1.82, 2.24) is 10.4 Å². The van der Waals surface area contributed by atoms with Gasteiger partial charge in [-0.2, -0.15) is 0 Å². The molecule has 0 bridgehead atoms. The summed E-state index contributed by atoms with van der Waals surface area (Å²) in [4.78, 5) is 23.3. The molecule has 8 nitrogen and oxygen atoms in total. The lowest BCUT2D eigenvalue weighted by Crippen LogP contribution is -2.44. The van der Waals surface area contributed by atoms with Crippen molar-refractivity contribution < 1.29 is 19.1 Å². The van der Waals surface area contributed by atoms with Crippen molar-refractivity contribution in [3.05, 3.63) is 60.7 Å². The minimum atomic E-state index is -0.494. The molecule has 0 atom stereocenters. The van der Waals surface area contributed by atoms with Crippen LogP contribution in [0, 0.1) is 0 Å². The summed E-state index contributed by atoms with van der Waals surface area (Å²) in [5, 5.41) is 3.66. The van der Waals surface area contributed by atoms with Crippen molar-refractivity contribution in [3.63, 3.8) is 0 Å². The van der Waals surface area contributed by atoms with Gasteiger partial charge in [0.1, 0.15) is 11.2 Å². The van der Waals surface area contributed by atoms with Crippen molar-refractivity contribution in [2.75, 3.05) is 23.5 Å². The van der Waals surface area contributed by atoms with E-state index in [4.69, 9.17) is 9.47 Å². The molecule has 2 aromatic carbocycles. The number of hydrogen-bond donors (Lipinski definition) is 2. The molecule has 0 unspecified atom stereocenters. The number of ether oxygens (including phenoxy) is 2. The Morgan fingerprint density at radius 3 is 1.88 bits per heavy atom. The van der Waals surface area contributed by atoms with Gasteiger partial charge in [0.15, 0.2) is 0 Å². The molecule has 1 fully saturated rings. The highest BCUT2D eigenvalue weighted by Gasteiger charge is 2.30. The highest BCUT2D eigenvalue weighted by molar-refractivity contribution is 5.71. The molecule has 0 spiro atoms. The van der Waals surface area contributed by atoms with E-state index in [0.29, 0.717) is 6.54 Å². The Kier molecular flexibility index (Phi) is 8.96. The number of anilines is 2. The van der Waals surface area contributed by atoms with E-state index in [1.165, 1.54) is 0 Å². The highest BCUT2D eigenvalue weighted by Crippen LogP contribution is 2.23. The van der Waals surface area contributed by atoms with Crippen molar-refractivity contribution in [1.29, 1.82) is 0 Å². The maximum atomic E-state index is 12.1. The van der Waals surface area contributed by atoms with E-state index in [9.17, 15) is 9.59 Å². The number of nitrogens with one attached hydrogen (secondary N) is 2. The first-order valence-electron chi connectivity index (χ1n) is 11.1. The lowest BCUT2D eigenvalue weighted by atomic mass is 10.2. The molecule has 2 N–H and O–H groups in total. The van der Waals surface area contributed by atoms with Crippen LogP contribution in [0.4, 0.5) is 21.0 Å². The van der Waals surface area contributed by atoms with Crippen LogP contribution in [0.2, 0.25) is 0 Å². The predicted molar refractivity (Wildman–Crippen MR) is 131 cm³/mol. The second-order valence-corrected chi connectivity index (χ2v) is 9.53. The highest BCUT2D eigenvalue weighted by atomic mass is 16.6. The lowest BCUT2D eigenvalue weighted by molar-refractivity contribution is 0.0273. The maximum Gasteiger partial charge on any atom is 0.429 e. The van der Waals surface area contributed by atoms with Gasteiger partial charge in [-0.1, -0.05) is 36.4 Å². The van der Waals surface area contributed by atoms with E-state index >= 15 is 0 Å². The van der Waals surface area contributed by atoms with E-state index in [1.54, 1.807) is 5.01 Å². The van der Waals surface area contributed by atoms with E-state index in [-0.39, 0.29) is 6.09 Å². The number of nitrogens with zero attached hydrogens (tertiary/aromatic N) is 2. The molecule has 2 amide bonds. The summed E-state index contributed by atoms with van der Waals surface area (Å²) in [6, 6.07) is 19.3. The lowest BCUT2D eigenvalue weighted by Gasteiger charge is -2.31. The van der Waals surface area contributed by atoms with E-state index < -0.39 is 17.3 Å². The fourth-order valence-electron chi connectivity index (χ4n) is 2.93. The summed E-state index contributed by atoms with van der Waals surface area (Å²) in [7, 11) is 0. The third-order valence-corrected chi connectivity index (χ3v) is 4.17. The largest absolute Gasteiger partial charge is 0.443 e. The molecule has 180 valence electrons. The second kappa shape index (κ2) is 11.4. The van der Waals surface area contributed by atoms with Gasteiger partial charge in [-0.3, -0.25) is 10.4 Å². The average molecular weight is 457 g/mol. The number of amides is 2. The number of benzene rings is 2. The zero-order valence-electron chi connectivity index (χ0n) is 20.4. The average Bonchev–Trinajstić information content (AvgIpc) is 3.22. The zero-order chi connectivity index (χ0) is 24.5. The van der Waals surface area contributed by atoms with Gasteiger partial charge in [0.05, 0.1) is 11.4 Å². The molecule has 33 heavy (non-hydrogen) atoms. The molecule has 0 radical (unpaired) electrons. The fourth-order valence-corrected chi connectivity index (χ4v) is 2.93. The first-order valence-corrected chi connectivity index (χ1v) is 11.1. The minimum absolute atomic E-state index is 0.274. The van der Waals surface area contributed by atoms with Crippen molar-refractivity contribution >= 4 is 23.6 Å². The van der Waals surface area contributed by atoms with Gasteiger partial charge < -0.3 is 9.47 Å². The Morgan fingerprint density at radius 1 is 0.788 bits per heavy atom. The second-order valence-electron chi connectivity index (χ2n) is 9.53. The van der Waals surface area contributed by atoms with Gasteiger partial charge in [-0.25, -0.2) is 20.0 Å². The van der Waals surface area contributed by atoms with Crippen LogP contribution in [0.25, 0.3) is 0 Å². The third-order valence-electron chi connectivity index (χ3n) is 4.17. The summed E-state index contributed by atoms with van der Waals surface area (Å²) in [5.41, 5.74) is 6.08. The van der Waals surface area contributed by atoms with Crippen LogP contribution >= 0.6 is 0 Å². The van der Waals surface area contributed by atoms with Crippen LogP contribution in [0.5, 0.6) is 0 Å². The Bertz CT molecular complexity index is 877. The molecule has 3 rings (SSSR count). The molecule has 1 heterocycles. The van der Waals surface area contributed by atoms with Gasteiger partial charge in [0.25, 0.3) is 0 Å². The van der Waals surface area contributed by atoms with Crippen LogP contribution in [0.1, 0.15) is 48.0 Å². The minimum Gasteiger partial charge on any atom is -0.443 e. The molecule has 1 aliphatic heterocycles. The number of carbonyl (C=O) groups is 2. The molecule has 1 aliphatic rings. The first-order chi connectivity index (χ1) is 15.4. The smallest absolute Gasteiger partial charge is 0.429 e. The van der Waals surface area contributed by atoms with Crippen molar-refractivity contribution in [3.8, 4) is 0 Å². The van der Waals surface area contributed by atoms with Gasteiger partial charge in [0, 0.05) is 13.1 Å². The summed E-state index contributed by atoms with van der Waals surface area (Å²) in [6.45, 7) is 12.7. The van der Waals surface area contributed by atoms with Gasteiger partial charge in [0.2, 0.25) is 0 Å². The maximum absolute atomic E-state index is 12.1. The summed E-state index contributed by atoms with van der Waals surface area (Å²) < 4.78 is 10.5. The molecular formula is C25H36N4O4. The summed E-state index contributed by atoms with van der Waals surface area (Å²) in [5.74, 6) is 0. The van der Waals surface area contributed by atoms with E-state index in [2.05, 4.69) is 10.9 Å². The Labute approximate surface area is 196 Å². The SMILES string of the molecule is CC(C)(C)OC(=O)N1CCCN1c1ccccc1.CC(C)(C)OC(=O)NNc1ccccc1. The van der Waals surface area contributed by atoms with Gasteiger partial charge >= 0.3 is 12.2 Å². The van der Waals surface area contributed by atoms with E-state index in [1.807, 2.05) is 107 Å². The fraction of sp³-hybridized carbons (Fsp3) is 0.440. The quantitative estimate of drug-likeness (QED) is 0.586. The first kappa shape index (κ1) is 25.8. The van der Waals surface area contributed by atoms with Crippen molar-refractivity contribution in [2.24, 2.45) is 0 Å². The van der Waals surface area contributed by atoms with Gasteiger partial charge in [-0.15, -0.1) is 0 Å². The molecule has 0 aliphatic carbocycles. The molecule has 0 saturated carbocycles. The summed E-state index contributed by atoms with van der Waals surface area (Å²) >= 11 is 0. The normalized spacial score (nSPS) is 13.5. The third kappa shape index (κ3) is 9.72. The molecule has 8 heteroatoms. The van der Waals surface area contributed by atoms with Crippen LogP contribution < -0.4 is 15.9 Å². The van der Waals surface area contributed by atoms with Crippen molar-refractivity contribution in [2.45, 2.75) is 59.2 Å². The van der Waals surface area contributed by atoms with Gasteiger partial charge in [-0.05, 0) is 72.2 Å². The Morgan fingerprint density at radius 2 is 1.33 bits per heavy atom. The number of carbonyl (C=O) groups excluding carboxylic acids is 2. The predicted octanol–water partition coefficient (Wildman–Crippen LogP) is 5.59. The molecular weight excluding hydrogens is 420 g/mol. The summed E-state index contributed by atoms with van der Waals surface area (Å²) in [6.07, 6.45) is 0.198. The van der Waals surface area contributed by atoms with Crippen LogP contribution in [-0.2, 0) is 9.47 Å². The van der Waals surface area contributed by atoms with Crippen LogP contribution in [0.15, 0.2) is 60.7 Å². The Hall–Kier alpha value is -3.42. The monoisotopic (exact) mass is 456 g/mol. The number of hydrazine groups is 2. The standard InChI is InChI=1S/C14H20N2O2.C11H16N2O2/c1-14(2,3)18-13(17)16-11-7-10-15(16)12-8-5-4-6-9-12;1-11(2,3)15-10(14)13-12-9-7-5-4-6-8-9/h4-6,8-9H,7,10-11H2,1-3H3;4-8,12H,1-3H3,(H,13,14). The number of rotatable bonds is 3. The van der Waals surface area contributed by atoms with Crippen LogP contribution in [0.3, 0.4) is 0 Å². The Balaban J connectivity index is 0.000000238. The van der Waals surface area contributed by atoms with Crippen LogP contribution in [-0.4, -0.2) is 41.5 Å². The number of hydrogen-bond acceptors (Lipinski definition) is 6. The van der Waals surface area contributed by atoms with E-state index in [0.717, 1.165) is 24.3 Å². The zero-order valence-corrected chi connectivity index (χ0v) is 20.4. The number of para-hydroxylation sites is 2.